The van der Waals surface area contributed by atoms with Gasteiger partial charge in [0.15, 0.2) is 0 Å². The molecule has 0 fully saturated rings. The zero-order valence-corrected chi connectivity index (χ0v) is 17.2. The van der Waals surface area contributed by atoms with Gasteiger partial charge in [-0.3, -0.25) is 4.79 Å². The Morgan fingerprint density at radius 3 is 2.90 bits per heavy atom. The van der Waals surface area contributed by atoms with Crippen LogP contribution in [0.2, 0.25) is 0 Å². The SMILES string of the molecule is Cc1nc2nc(N)nn2c(C)c1CCC(=O)N(C)Cc1cnc(-n2cccn2)s1. The number of hydrogen-bond acceptors (Lipinski definition) is 8. The minimum Gasteiger partial charge on any atom is -0.366 e. The maximum absolute atomic E-state index is 12.7. The van der Waals surface area contributed by atoms with E-state index in [1.165, 1.54) is 11.3 Å². The Kier molecular flexibility index (Phi) is 4.97. The summed E-state index contributed by atoms with van der Waals surface area (Å²) in [5.74, 6) is 0.714. The molecule has 0 spiro atoms. The van der Waals surface area contributed by atoms with E-state index in [4.69, 9.17) is 5.73 Å². The van der Waals surface area contributed by atoms with E-state index >= 15 is 0 Å². The van der Waals surface area contributed by atoms with Crippen molar-refractivity contribution in [2.24, 2.45) is 0 Å². The van der Waals surface area contributed by atoms with E-state index < -0.39 is 0 Å². The quantitative estimate of drug-likeness (QED) is 0.511. The molecule has 4 aromatic heterocycles. The summed E-state index contributed by atoms with van der Waals surface area (Å²) < 4.78 is 3.33. The van der Waals surface area contributed by atoms with Crippen molar-refractivity contribution in [2.45, 2.75) is 33.2 Å². The van der Waals surface area contributed by atoms with Gasteiger partial charge in [0, 0.05) is 48.3 Å². The molecule has 10 nitrogen and oxygen atoms in total. The third-order valence-electron chi connectivity index (χ3n) is 4.71. The van der Waals surface area contributed by atoms with Crippen molar-refractivity contribution in [3.63, 3.8) is 0 Å². The van der Waals surface area contributed by atoms with Crippen LogP contribution in [-0.2, 0) is 17.8 Å². The predicted octanol–water partition coefficient (Wildman–Crippen LogP) is 1.56. The number of aryl methyl sites for hydroxylation is 2. The first kappa shape index (κ1) is 19.0. The summed E-state index contributed by atoms with van der Waals surface area (Å²) in [5, 5.41) is 9.13. The second-order valence-electron chi connectivity index (χ2n) is 6.75. The first-order valence-electron chi connectivity index (χ1n) is 9.09. The monoisotopic (exact) mass is 411 g/mol. The van der Waals surface area contributed by atoms with Crippen molar-refractivity contribution in [3.05, 3.63) is 46.5 Å². The highest BCUT2D eigenvalue weighted by Crippen LogP contribution is 2.19. The lowest BCUT2D eigenvalue weighted by molar-refractivity contribution is -0.130. The molecule has 0 aliphatic heterocycles. The number of anilines is 1. The predicted molar refractivity (Wildman–Crippen MR) is 109 cm³/mol. The van der Waals surface area contributed by atoms with E-state index in [9.17, 15) is 4.79 Å². The molecule has 29 heavy (non-hydrogen) atoms. The van der Waals surface area contributed by atoms with Gasteiger partial charge in [0.1, 0.15) is 0 Å². The molecule has 0 bridgehead atoms. The van der Waals surface area contributed by atoms with Crippen LogP contribution >= 0.6 is 11.3 Å². The van der Waals surface area contributed by atoms with Crippen LogP contribution < -0.4 is 5.73 Å². The largest absolute Gasteiger partial charge is 0.366 e. The number of hydrogen-bond donors (Lipinski definition) is 1. The number of carbonyl (C=O) groups excluding carboxylic acids is 1. The molecule has 4 heterocycles. The summed E-state index contributed by atoms with van der Waals surface area (Å²) in [6.07, 6.45) is 6.29. The van der Waals surface area contributed by atoms with Gasteiger partial charge < -0.3 is 10.6 Å². The van der Waals surface area contributed by atoms with Gasteiger partial charge in [-0.2, -0.15) is 14.6 Å². The molecule has 0 unspecified atom stereocenters. The van der Waals surface area contributed by atoms with Crippen LogP contribution in [0.4, 0.5) is 5.95 Å². The zero-order chi connectivity index (χ0) is 20.5. The first-order valence-corrected chi connectivity index (χ1v) is 9.91. The number of nitrogen functional groups attached to an aromatic ring is 1. The molecule has 0 atom stereocenters. The molecule has 4 rings (SSSR count). The maximum Gasteiger partial charge on any atom is 0.254 e. The first-order chi connectivity index (χ1) is 13.9. The molecule has 0 aromatic carbocycles. The van der Waals surface area contributed by atoms with Crippen molar-refractivity contribution in [3.8, 4) is 5.13 Å². The number of thiazole rings is 1. The van der Waals surface area contributed by atoms with Gasteiger partial charge in [0.2, 0.25) is 17.0 Å². The standard InChI is InChI=1S/C18H21N9OS/c1-11-14(12(2)27-17(22-11)23-16(19)24-27)5-6-15(28)25(3)10-13-9-20-18(29-13)26-8-4-7-21-26/h4,7-9H,5-6,10H2,1-3H3,(H2,19,24). The average Bonchev–Trinajstić information content (AvgIpc) is 3.41. The van der Waals surface area contributed by atoms with Crippen molar-refractivity contribution >= 4 is 29.0 Å². The van der Waals surface area contributed by atoms with Gasteiger partial charge in [-0.05, 0) is 31.9 Å². The summed E-state index contributed by atoms with van der Waals surface area (Å²) in [5.41, 5.74) is 8.40. The number of nitrogens with two attached hydrogens (primary N) is 1. The summed E-state index contributed by atoms with van der Waals surface area (Å²) in [7, 11) is 1.80. The van der Waals surface area contributed by atoms with Crippen molar-refractivity contribution in [1.29, 1.82) is 0 Å². The van der Waals surface area contributed by atoms with Gasteiger partial charge in [-0.15, -0.1) is 5.10 Å². The molecule has 2 N–H and O–H groups in total. The van der Waals surface area contributed by atoms with Gasteiger partial charge in [0.05, 0.1) is 6.54 Å². The Balaban J connectivity index is 1.41. The van der Waals surface area contributed by atoms with Crippen LogP contribution in [0, 0.1) is 13.8 Å². The summed E-state index contributed by atoms with van der Waals surface area (Å²) in [6.45, 7) is 4.36. The smallest absolute Gasteiger partial charge is 0.254 e. The number of nitrogens with zero attached hydrogens (tertiary/aromatic N) is 8. The normalized spacial score (nSPS) is 11.3. The van der Waals surface area contributed by atoms with Crippen molar-refractivity contribution in [1.82, 2.24) is 39.2 Å². The molecule has 0 aliphatic rings. The Labute approximate surface area is 171 Å². The van der Waals surface area contributed by atoms with Crippen LogP contribution in [0.3, 0.4) is 0 Å². The Bertz CT molecular complexity index is 1160. The highest BCUT2D eigenvalue weighted by atomic mass is 32.1. The fourth-order valence-electron chi connectivity index (χ4n) is 3.19. The zero-order valence-electron chi connectivity index (χ0n) is 16.4. The van der Waals surface area contributed by atoms with E-state index in [1.54, 1.807) is 33.5 Å². The minimum atomic E-state index is 0.0519. The molecular weight excluding hydrogens is 390 g/mol. The number of amides is 1. The highest BCUT2D eigenvalue weighted by molar-refractivity contribution is 7.14. The Hall–Kier alpha value is -3.34. The molecule has 0 saturated heterocycles. The summed E-state index contributed by atoms with van der Waals surface area (Å²) in [4.78, 5) is 28.3. The van der Waals surface area contributed by atoms with Crippen molar-refractivity contribution < 1.29 is 4.79 Å². The summed E-state index contributed by atoms with van der Waals surface area (Å²) >= 11 is 1.51. The van der Waals surface area contributed by atoms with Gasteiger partial charge in [-0.25, -0.2) is 14.6 Å². The Morgan fingerprint density at radius 1 is 1.31 bits per heavy atom. The lowest BCUT2D eigenvalue weighted by atomic mass is 10.1. The minimum absolute atomic E-state index is 0.0519. The van der Waals surface area contributed by atoms with Crippen LogP contribution in [0.25, 0.3) is 10.9 Å². The Morgan fingerprint density at radius 2 is 2.14 bits per heavy atom. The molecule has 150 valence electrons. The number of fused-ring (bicyclic) bond motifs is 1. The van der Waals surface area contributed by atoms with Gasteiger partial charge in [0.25, 0.3) is 5.78 Å². The third kappa shape index (κ3) is 3.81. The van der Waals surface area contributed by atoms with Crippen LogP contribution in [-0.4, -0.2) is 52.2 Å². The van der Waals surface area contributed by atoms with E-state index in [2.05, 4.69) is 25.1 Å². The van der Waals surface area contributed by atoms with Crippen molar-refractivity contribution in [2.75, 3.05) is 12.8 Å². The van der Waals surface area contributed by atoms with E-state index in [1.807, 2.05) is 26.1 Å². The van der Waals surface area contributed by atoms with Crippen LogP contribution in [0.15, 0.2) is 24.7 Å². The molecule has 11 heteroatoms. The number of rotatable bonds is 6. The van der Waals surface area contributed by atoms with Gasteiger partial charge in [-0.1, -0.05) is 11.3 Å². The second kappa shape index (κ2) is 7.59. The average molecular weight is 411 g/mol. The lowest BCUT2D eigenvalue weighted by Gasteiger charge is -2.17. The number of aromatic nitrogens is 7. The van der Waals surface area contributed by atoms with E-state index in [0.717, 1.165) is 27.0 Å². The topological polar surface area (TPSA) is 120 Å². The lowest BCUT2D eigenvalue weighted by Crippen LogP contribution is -2.26. The van der Waals surface area contributed by atoms with Crippen LogP contribution in [0.5, 0.6) is 0 Å². The van der Waals surface area contributed by atoms with E-state index in [0.29, 0.717) is 25.2 Å². The number of carbonyl (C=O) groups is 1. The third-order valence-corrected chi connectivity index (χ3v) is 5.69. The molecule has 1 amide bonds. The maximum atomic E-state index is 12.7. The van der Waals surface area contributed by atoms with Crippen LogP contribution in [0.1, 0.15) is 28.2 Å². The van der Waals surface area contributed by atoms with E-state index in [-0.39, 0.29) is 11.9 Å². The van der Waals surface area contributed by atoms with Gasteiger partial charge >= 0.3 is 0 Å². The fourth-order valence-corrected chi connectivity index (χ4v) is 4.09. The summed E-state index contributed by atoms with van der Waals surface area (Å²) in [6, 6.07) is 1.85. The second-order valence-corrected chi connectivity index (χ2v) is 7.85. The molecular formula is C18H21N9OS. The molecule has 0 radical (unpaired) electrons. The fraction of sp³-hybridized carbons (Fsp3) is 0.333. The molecule has 0 aliphatic carbocycles. The molecule has 0 saturated carbocycles. The molecule has 4 aromatic rings. The highest BCUT2D eigenvalue weighted by Gasteiger charge is 2.16.